The first-order chi connectivity index (χ1) is 19.9. The molecule has 3 aliphatic heterocycles. The van der Waals surface area contributed by atoms with Gasteiger partial charge in [0.05, 0.1) is 21.8 Å². The van der Waals surface area contributed by atoms with Crippen molar-refractivity contribution in [3.8, 4) is 17.3 Å². The lowest BCUT2D eigenvalue weighted by Gasteiger charge is -2.34. The number of alkyl halides is 3. The maximum atomic E-state index is 16.5. The van der Waals surface area contributed by atoms with Crippen LogP contribution in [0.15, 0.2) is 12.1 Å². The van der Waals surface area contributed by atoms with Crippen molar-refractivity contribution in [3.63, 3.8) is 0 Å². The summed E-state index contributed by atoms with van der Waals surface area (Å²) in [5.41, 5.74) is 3.18. The van der Waals surface area contributed by atoms with Crippen LogP contribution < -0.4 is 20.7 Å². The summed E-state index contributed by atoms with van der Waals surface area (Å²) in [6.45, 7) is 8.07. The van der Waals surface area contributed by atoms with Gasteiger partial charge < -0.3 is 20.7 Å². The normalized spacial score (nSPS) is 23.0. The monoisotopic (exact) mass is 607 g/mol. The molecule has 0 amide bonds. The highest BCUT2D eigenvalue weighted by molar-refractivity contribution is 6.34. The van der Waals surface area contributed by atoms with Gasteiger partial charge in [-0.3, -0.25) is 4.90 Å². The summed E-state index contributed by atoms with van der Waals surface area (Å²) in [7, 11) is 0. The molecule has 0 aliphatic carbocycles. The highest BCUT2D eigenvalue weighted by Gasteiger charge is 2.39. The van der Waals surface area contributed by atoms with Gasteiger partial charge in [-0.15, -0.1) is 0 Å². The van der Waals surface area contributed by atoms with Gasteiger partial charge in [-0.2, -0.15) is 23.1 Å². The van der Waals surface area contributed by atoms with Gasteiger partial charge in [0.25, 0.3) is 0 Å². The number of fused-ring (bicyclic) bond motifs is 3. The molecule has 226 valence electrons. The molecule has 5 heterocycles. The molecule has 13 heteroatoms. The van der Waals surface area contributed by atoms with E-state index in [1.807, 2.05) is 0 Å². The quantitative estimate of drug-likeness (QED) is 0.351. The third-order valence-corrected chi connectivity index (χ3v) is 8.90. The van der Waals surface area contributed by atoms with Crippen molar-refractivity contribution in [2.75, 3.05) is 36.9 Å². The zero-order chi connectivity index (χ0) is 29.9. The Morgan fingerprint density at radius 3 is 2.50 bits per heavy atom. The first kappa shape index (κ1) is 29.1. The molecule has 3 atom stereocenters. The lowest BCUT2D eigenvalue weighted by molar-refractivity contribution is -0.137. The van der Waals surface area contributed by atoms with Gasteiger partial charge in [0.1, 0.15) is 23.8 Å². The fourth-order valence-corrected chi connectivity index (χ4v) is 7.06. The van der Waals surface area contributed by atoms with Crippen molar-refractivity contribution in [1.82, 2.24) is 25.2 Å². The highest BCUT2D eigenvalue weighted by Crippen LogP contribution is 2.45. The minimum Gasteiger partial charge on any atom is -0.462 e. The molecule has 2 aromatic heterocycles. The number of hydrogen-bond acceptors (Lipinski definition) is 8. The first-order valence-electron chi connectivity index (χ1n) is 14.3. The predicted molar refractivity (Wildman–Crippen MR) is 154 cm³/mol. The number of nitrogens with one attached hydrogen (secondary N) is 1. The maximum Gasteiger partial charge on any atom is 0.418 e. The SMILES string of the molecule is Cc1cc(N)nc(-c2c(Cl)cc3c(N4CC5CCC(C4)N5)nc(OC[C@@H]4CCCN4C(C)C)nc3c2F)c1C(F)(F)F. The summed E-state index contributed by atoms with van der Waals surface area (Å²) in [6.07, 6.45) is -0.793. The number of aryl methyl sites for hydroxylation is 1. The number of nitrogens with two attached hydrogens (primary N) is 1. The van der Waals surface area contributed by atoms with Gasteiger partial charge in [0, 0.05) is 42.6 Å². The summed E-state index contributed by atoms with van der Waals surface area (Å²) in [4.78, 5) is 17.5. The fraction of sp³-hybridized carbons (Fsp3) is 0.552. The average molecular weight is 608 g/mol. The van der Waals surface area contributed by atoms with Crippen LogP contribution in [-0.4, -0.2) is 70.3 Å². The summed E-state index contributed by atoms with van der Waals surface area (Å²) in [6, 6.07) is 3.50. The molecular formula is C29H34ClF4N7O. The minimum atomic E-state index is -4.82. The average Bonchev–Trinajstić information content (AvgIpc) is 3.51. The molecule has 0 saturated carbocycles. The van der Waals surface area contributed by atoms with E-state index in [-0.39, 0.29) is 46.1 Å². The lowest BCUT2D eigenvalue weighted by Crippen LogP contribution is -2.51. The molecule has 3 saturated heterocycles. The first-order valence-corrected chi connectivity index (χ1v) is 14.7. The number of aromatic nitrogens is 3. The van der Waals surface area contributed by atoms with Crippen LogP contribution in [0, 0.1) is 12.7 Å². The van der Waals surface area contributed by atoms with E-state index in [9.17, 15) is 13.2 Å². The van der Waals surface area contributed by atoms with Crippen molar-refractivity contribution in [2.45, 2.75) is 76.8 Å². The van der Waals surface area contributed by atoms with E-state index in [2.05, 4.69) is 38.9 Å². The second-order valence-corrected chi connectivity index (χ2v) is 12.2. The Balaban J connectivity index is 1.50. The second kappa shape index (κ2) is 10.9. The molecule has 8 nitrogen and oxygen atoms in total. The molecular weight excluding hydrogens is 574 g/mol. The van der Waals surface area contributed by atoms with E-state index in [0.717, 1.165) is 38.3 Å². The van der Waals surface area contributed by atoms with E-state index in [0.29, 0.717) is 36.9 Å². The van der Waals surface area contributed by atoms with Crippen LogP contribution >= 0.6 is 11.6 Å². The van der Waals surface area contributed by atoms with Crippen molar-refractivity contribution in [3.05, 3.63) is 34.1 Å². The Hall–Kier alpha value is -2.96. The lowest BCUT2D eigenvalue weighted by atomic mass is 9.99. The van der Waals surface area contributed by atoms with Crippen LogP contribution in [-0.2, 0) is 6.18 Å². The van der Waals surface area contributed by atoms with E-state index >= 15 is 4.39 Å². The highest BCUT2D eigenvalue weighted by atomic mass is 35.5. The van der Waals surface area contributed by atoms with Crippen LogP contribution in [0.2, 0.25) is 5.02 Å². The van der Waals surface area contributed by atoms with Crippen molar-refractivity contribution in [1.29, 1.82) is 0 Å². The van der Waals surface area contributed by atoms with Gasteiger partial charge in [0.2, 0.25) is 0 Å². The number of hydrogen-bond donors (Lipinski definition) is 2. The Kier molecular flexibility index (Phi) is 7.59. The number of halogens is 5. The van der Waals surface area contributed by atoms with Crippen molar-refractivity contribution < 1.29 is 22.3 Å². The van der Waals surface area contributed by atoms with Crippen LogP contribution in [0.3, 0.4) is 0 Å². The Bertz CT molecular complexity index is 1510. The maximum absolute atomic E-state index is 16.5. The minimum absolute atomic E-state index is 0.0288. The van der Waals surface area contributed by atoms with Crippen LogP contribution in [0.1, 0.15) is 50.7 Å². The Labute approximate surface area is 246 Å². The van der Waals surface area contributed by atoms with E-state index in [1.165, 1.54) is 13.0 Å². The van der Waals surface area contributed by atoms with E-state index in [4.69, 9.17) is 27.1 Å². The third-order valence-electron chi connectivity index (χ3n) is 8.61. The third kappa shape index (κ3) is 5.33. The molecule has 3 aromatic rings. The number of benzene rings is 1. The molecule has 3 fully saturated rings. The Morgan fingerprint density at radius 1 is 1.12 bits per heavy atom. The number of nitrogens with zero attached hydrogens (tertiary/aromatic N) is 5. The molecule has 0 radical (unpaired) electrons. The molecule has 0 spiro atoms. The summed E-state index contributed by atoms with van der Waals surface area (Å²) >= 11 is 6.57. The summed E-state index contributed by atoms with van der Waals surface area (Å²) in [5, 5.41) is 3.63. The second-order valence-electron chi connectivity index (χ2n) is 11.8. The zero-order valence-electron chi connectivity index (χ0n) is 23.7. The molecule has 2 unspecified atom stereocenters. The number of nitrogen functional groups attached to an aromatic ring is 1. The smallest absolute Gasteiger partial charge is 0.418 e. The van der Waals surface area contributed by atoms with Gasteiger partial charge in [-0.1, -0.05) is 11.6 Å². The molecule has 6 rings (SSSR count). The number of likely N-dealkylation sites (tertiary alicyclic amines) is 1. The van der Waals surface area contributed by atoms with E-state index in [1.54, 1.807) is 0 Å². The van der Waals surface area contributed by atoms with Gasteiger partial charge in [-0.25, -0.2) is 9.37 Å². The predicted octanol–water partition coefficient (Wildman–Crippen LogP) is 5.59. The number of pyridine rings is 1. The standard InChI is InChI=1S/C29H34ClF4N7O/c1-14(2)41-8-4-5-18(41)13-42-28-38-25-19(27(39-28)40-11-16-6-7-17(12-40)36-16)10-20(30)22(24(25)31)26-23(29(32,33)34)15(3)9-21(35)37-26/h9-10,14,16-18,36H,4-8,11-13H2,1-3H3,(H2,35,37)/t16?,17?,18-/m0/s1. The number of piperazine rings is 1. The fourth-order valence-electron chi connectivity index (χ4n) is 6.78. The summed E-state index contributed by atoms with van der Waals surface area (Å²) < 4.78 is 65.2. The van der Waals surface area contributed by atoms with Gasteiger partial charge in [-0.05, 0) is 70.7 Å². The molecule has 3 aliphatic rings. The van der Waals surface area contributed by atoms with Gasteiger partial charge in [0.15, 0.2) is 5.82 Å². The zero-order valence-corrected chi connectivity index (χ0v) is 24.5. The largest absolute Gasteiger partial charge is 0.462 e. The molecule has 1 aromatic carbocycles. The topological polar surface area (TPSA) is 92.4 Å². The van der Waals surface area contributed by atoms with Crippen molar-refractivity contribution >= 4 is 34.1 Å². The summed E-state index contributed by atoms with van der Waals surface area (Å²) in [5.74, 6) is -0.765. The van der Waals surface area contributed by atoms with Crippen LogP contribution in [0.4, 0.5) is 29.2 Å². The number of anilines is 2. The van der Waals surface area contributed by atoms with E-state index < -0.39 is 28.8 Å². The number of ether oxygens (including phenoxy) is 1. The molecule has 2 bridgehead atoms. The molecule has 3 N–H and O–H groups in total. The van der Waals surface area contributed by atoms with Gasteiger partial charge >= 0.3 is 12.2 Å². The van der Waals surface area contributed by atoms with Crippen molar-refractivity contribution in [2.24, 2.45) is 0 Å². The van der Waals surface area contributed by atoms with Crippen LogP contribution in [0.25, 0.3) is 22.2 Å². The Morgan fingerprint density at radius 2 is 1.83 bits per heavy atom. The van der Waals surface area contributed by atoms with Crippen LogP contribution in [0.5, 0.6) is 6.01 Å². The molecule has 42 heavy (non-hydrogen) atoms. The number of rotatable bonds is 6.